The zero-order chi connectivity index (χ0) is 12.5. The van der Waals surface area contributed by atoms with E-state index in [1.165, 1.54) is 0 Å². The second-order valence-corrected chi connectivity index (χ2v) is 5.53. The molecule has 1 aromatic heterocycles. The van der Waals surface area contributed by atoms with E-state index in [-0.39, 0.29) is 17.5 Å². The highest BCUT2D eigenvalue weighted by atomic mass is 32.2. The monoisotopic (exact) mass is 246 g/mol. The van der Waals surface area contributed by atoms with Gasteiger partial charge in [0.25, 0.3) is 0 Å². The molecule has 0 amide bonds. The van der Waals surface area contributed by atoms with Crippen LogP contribution < -0.4 is 10.5 Å². The molecule has 7 heteroatoms. The summed E-state index contributed by atoms with van der Waals surface area (Å²) in [4.78, 5) is 0.246. The van der Waals surface area contributed by atoms with Crippen LogP contribution in [0.2, 0.25) is 0 Å². The van der Waals surface area contributed by atoms with Gasteiger partial charge in [0.15, 0.2) is 0 Å². The summed E-state index contributed by atoms with van der Waals surface area (Å²) in [7, 11) is -1.81. The Morgan fingerprint density at radius 3 is 2.44 bits per heavy atom. The summed E-state index contributed by atoms with van der Waals surface area (Å²) in [5.41, 5.74) is 6.51. The lowest BCUT2D eigenvalue weighted by molar-refractivity contribution is 0.561. The SMILES string of the molecule is Cc1nn(C)c(C)c1S(=O)(=O)NC(C)CN. The van der Waals surface area contributed by atoms with Crippen molar-refractivity contribution in [3.63, 3.8) is 0 Å². The van der Waals surface area contributed by atoms with Gasteiger partial charge in [-0.1, -0.05) is 0 Å². The van der Waals surface area contributed by atoms with Gasteiger partial charge in [0.05, 0.1) is 11.4 Å². The Labute approximate surface area is 95.9 Å². The molecule has 0 bridgehead atoms. The molecule has 0 aliphatic carbocycles. The molecule has 0 saturated carbocycles. The van der Waals surface area contributed by atoms with Crippen LogP contribution >= 0.6 is 0 Å². The first-order chi connectivity index (χ1) is 7.29. The average molecular weight is 246 g/mol. The molecule has 0 aliphatic heterocycles. The molecule has 6 nitrogen and oxygen atoms in total. The maximum atomic E-state index is 12.0. The summed E-state index contributed by atoms with van der Waals surface area (Å²) >= 11 is 0. The number of aryl methyl sites for hydroxylation is 2. The van der Waals surface area contributed by atoms with E-state index in [0.717, 1.165) is 0 Å². The summed E-state index contributed by atoms with van der Waals surface area (Å²) in [6, 6.07) is -0.288. The Balaban J connectivity index is 3.17. The molecule has 0 aliphatic rings. The Morgan fingerprint density at radius 2 is 2.06 bits per heavy atom. The Kier molecular flexibility index (Phi) is 3.72. The molecule has 0 fully saturated rings. The standard InChI is InChI=1S/C9H18N4O2S/c1-6(5-10)12-16(14,15)9-7(2)11-13(4)8(9)3/h6,12H,5,10H2,1-4H3. The van der Waals surface area contributed by atoms with Crippen LogP contribution in [0.4, 0.5) is 0 Å². The van der Waals surface area contributed by atoms with Gasteiger partial charge < -0.3 is 5.73 Å². The predicted octanol–water partition coefficient (Wildman–Crippen LogP) is -0.338. The van der Waals surface area contributed by atoms with Crippen molar-refractivity contribution >= 4 is 10.0 Å². The van der Waals surface area contributed by atoms with Crippen molar-refractivity contribution in [1.29, 1.82) is 0 Å². The minimum Gasteiger partial charge on any atom is -0.329 e. The maximum absolute atomic E-state index is 12.0. The van der Waals surface area contributed by atoms with Gasteiger partial charge >= 0.3 is 0 Å². The van der Waals surface area contributed by atoms with E-state index in [4.69, 9.17) is 5.73 Å². The largest absolute Gasteiger partial charge is 0.329 e. The lowest BCUT2D eigenvalue weighted by Crippen LogP contribution is -2.38. The summed E-state index contributed by atoms with van der Waals surface area (Å²) in [6.45, 7) is 5.38. The molecule has 0 saturated heterocycles. The first kappa shape index (κ1) is 13.1. The van der Waals surface area contributed by atoms with E-state index < -0.39 is 10.0 Å². The van der Waals surface area contributed by atoms with Gasteiger partial charge in [-0.25, -0.2) is 13.1 Å². The van der Waals surface area contributed by atoms with Gasteiger partial charge in [-0.2, -0.15) is 5.10 Å². The zero-order valence-corrected chi connectivity index (χ0v) is 10.8. The Morgan fingerprint density at radius 1 is 1.50 bits per heavy atom. The van der Waals surface area contributed by atoms with Crippen molar-refractivity contribution in [1.82, 2.24) is 14.5 Å². The lowest BCUT2D eigenvalue weighted by atomic mass is 10.4. The van der Waals surface area contributed by atoms with Crippen LogP contribution in [-0.2, 0) is 17.1 Å². The number of sulfonamides is 1. The van der Waals surface area contributed by atoms with Crippen molar-refractivity contribution in [2.45, 2.75) is 31.7 Å². The molecule has 1 rings (SSSR count). The number of nitrogens with one attached hydrogen (secondary N) is 1. The first-order valence-electron chi connectivity index (χ1n) is 5.02. The smallest absolute Gasteiger partial charge is 0.244 e. The second kappa shape index (κ2) is 4.52. The molecule has 1 atom stereocenters. The highest BCUT2D eigenvalue weighted by Crippen LogP contribution is 2.18. The van der Waals surface area contributed by atoms with Gasteiger partial charge in [-0.15, -0.1) is 0 Å². The predicted molar refractivity (Wildman–Crippen MR) is 61.5 cm³/mol. The minimum atomic E-state index is -3.53. The fourth-order valence-corrected chi connectivity index (χ4v) is 3.21. The molecule has 0 aromatic carbocycles. The highest BCUT2D eigenvalue weighted by Gasteiger charge is 2.24. The molecular weight excluding hydrogens is 228 g/mol. The number of nitrogens with two attached hydrogens (primary N) is 1. The van der Waals surface area contributed by atoms with Crippen molar-refractivity contribution in [3.05, 3.63) is 11.4 Å². The van der Waals surface area contributed by atoms with Crippen LogP contribution in [0.3, 0.4) is 0 Å². The summed E-state index contributed by atoms with van der Waals surface area (Å²) in [6.07, 6.45) is 0. The van der Waals surface area contributed by atoms with E-state index >= 15 is 0 Å². The summed E-state index contributed by atoms with van der Waals surface area (Å²) < 4.78 is 28.1. The molecule has 1 heterocycles. The Hall–Kier alpha value is -0.920. The van der Waals surface area contributed by atoms with Crippen LogP contribution in [0.5, 0.6) is 0 Å². The minimum absolute atomic E-state index is 0.246. The summed E-state index contributed by atoms with van der Waals surface area (Å²) in [5, 5.41) is 4.08. The first-order valence-corrected chi connectivity index (χ1v) is 6.50. The number of hydrogen-bond donors (Lipinski definition) is 2. The van der Waals surface area contributed by atoms with E-state index in [0.29, 0.717) is 11.4 Å². The highest BCUT2D eigenvalue weighted by molar-refractivity contribution is 7.89. The normalized spacial score (nSPS) is 14.1. The van der Waals surface area contributed by atoms with E-state index in [1.807, 2.05) is 0 Å². The van der Waals surface area contributed by atoms with Gasteiger partial charge in [-0.05, 0) is 20.8 Å². The van der Waals surface area contributed by atoms with Gasteiger partial charge in [0.1, 0.15) is 4.90 Å². The molecule has 16 heavy (non-hydrogen) atoms. The molecule has 1 unspecified atom stereocenters. The number of nitrogens with zero attached hydrogens (tertiary/aromatic N) is 2. The Bertz CT molecular complexity index is 478. The van der Waals surface area contributed by atoms with Crippen LogP contribution in [0.25, 0.3) is 0 Å². The van der Waals surface area contributed by atoms with Gasteiger partial charge in [-0.3, -0.25) is 4.68 Å². The van der Waals surface area contributed by atoms with E-state index in [2.05, 4.69) is 9.82 Å². The third-order valence-corrected chi connectivity index (χ3v) is 4.26. The van der Waals surface area contributed by atoms with Crippen LogP contribution in [-0.4, -0.2) is 30.8 Å². The number of hydrogen-bond acceptors (Lipinski definition) is 4. The molecule has 92 valence electrons. The third kappa shape index (κ3) is 2.42. The lowest BCUT2D eigenvalue weighted by Gasteiger charge is -2.12. The van der Waals surface area contributed by atoms with Crippen LogP contribution in [0.1, 0.15) is 18.3 Å². The quantitative estimate of drug-likeness (QED) is 0.760. The molecule has 0 radical (unpaired) electrons. The van der Waals surface area contributed by atoms with Crippen LogP contribution in [0, 0.1) is 13.8 Å². The third-order valence-electron chi connectivity index (χ3n) is 2.42. The van der Waals surface area contributed by atoms with E-state index in [9.17, 15) is 8.42 Å². The van der Waals surface area contributed by atoms with Crippen LogP contribution in [0.15, 0.2) is 4.90 Å². The van der Waals surface area contributed by atoms with Crippen molar-refractivity contribution < 1.29 is 8.42 Å². The molecule has 1 aromatic rings. The van der Waals surface area contributed by atoms with Gasteiger partial charge in [0.2, 0.25) is 10.0 Å². The summed E-state index contributed by atoms with van der Waals surface area (Å²) in [5.74, 6) is 0. The van der Waals surface area contributed by atoms with Crippen molar-refractivity contribution in [2.24, 2.45) is 12.8 Å². The van der Waals surface area contributed by atoms with Crippen molar-refractivity contribution in [3.8, 4) is 0 Å². The number of aromatic nitrogens is 2. The zero-order valence-electron chi connectivity index (χ0n) is 9.98. The fraction of sp³-hybridized carbons (Fsp3) is 0.667. The van der Waals surface area contributed by atoms with Gasteiger partial charge in [0, 0.05) is 19.6 Å². The molecular formula is C9H18N4O2S. The maximum Gasteiger partial charge on any atom is 0.244 e. The topological polar surface area (TPSA) is 90.0 Å². The van der Waals surface area contributed by atoms with Crippen molar-refractivity contribution in [2.75, 3.05) is 6.54 Å². The number of rotatable bonds is 4. The fourth-order valence-electron chi connectivity index (χ4n) is 1.51. The van der Waals surface area contributed by atoms with E-state index in [1.54, 1.807) is 32.5 Å². The molecule has 3 N–H and O–H groups in total. The molecule has 0 spiro atoms. The average Bonchev–Trinajstić information content (AvgIpc) is 2.40. The second-order valence-electron chi connectivity index (χ2n) is 3.88.